The zero-order chi connectivity index (χ0) is 18.5. The fourth-order valence-electron chi connectivity index (χ4n) is 0.878. The summed E-state index contributed by atoms with van der Waals surface area (Å²) in [4.78, 5) is 0. The monoisotopic (exact) mass is 385 g/mol. The van der Waals surface area contributed by atoms with Gasteiger partial charge in [0.15, 0.2) is 6.66 Å². The number of hydrogen-bond acceptors (Lipinski definition) is 4. The molecule has 1 unspecified atom stereocenters. The van der Waals surface area contributed by atoms with Crippen LogP contribution in [-0.2, 0) is 18.6 Å². The lowest BCUT2D eigenvalue weighted by atomic mass is 10.3. The molecule has 0 aliphatic carbocycles. The Hall–Kier alpha value is -0.650. The summed E-state index contributed by atoms with van der Waals surface area (Å²) >= 11 is 0. The van der Waals surface area contributed by atoms with Crippen molar-refractivity contribution < 1.29 is 58.1 Å². The highest BCUT2D eigenvalue weighted by molar-refractivity contribution is 7.38. The van der Waals surface area contributed by atoms with Gasteiger partial charge in [0, 0.05) is 0 Å². The summed E-state index contributed by atoms with van der Waals surface area (Å²) in [7, 11) is -2.08. The highest BCUT2D eigenvalue weighted by Crippen LogP contribution is 2.40. The van der Waals surface area contributed by atoms with Crippen LogP contribution in [0.2, 0.25) is 0 Å². The van der Waals surface area contributed by atoms with E-state index in [1.54, 1.807) is 0 Å². The maximum atomic E-state index is 13.0. The summed E-state index contributed by atoms with van der Waals surface area (Å²) in [5.74, 6) is -10.9. The van der Waals surface area contributed by atoms with Crippen molar-refractivity contribution in [2.75, 3.05) is 33.1 Å². The first kappa shape index (κ1) is 22.4. The fraction of sp³-hybridized carbons (Fsp3) is 1.00. The molecule has 0 aromatic rings. The summed E-state index contributed by atoms with van der Waals surface area (Å²) in [6.07, 6.45) is -11.9. The molecule has 0 aromatic carbocycles. The molecular formula is C9H11F9O4P+. The Morgan fingerprint density at radius 2 is 1.35 bits per heavy atom. The zero-order valence-electron chi connectivity index (χ0n) is 11.3. The molecule has 0 saturated carbocycles. The summed E-state index contributed by atoms with van der Waals surface area (Å²) in [6.45, 7) is -5.09. The van der Waals surface area contributed by atoms with E-state index in [2.05, 4.69) is 14.0 Å². The van der Waals surface area contributed by atoms with Crippen LogP contribution in [0.1, 0.15) is 0 Å². The van der Waals surface area contributed by atoms with Crippen LogP contribution in [0.25, 0.3) is 0 Å². The Kier molecular flexibility index (Phi) is 7.72. The van der Waals surface area contributed by atoms with Gasteiger partial charge in [-0.15, -0.1) is 4.52 Å². The summed E-state index contributed by atoms with van der Waals surface area (Å²) < 4.78 is 134. The molecule has 14 heteroatoms. The summed E-state index contributed by atoms with van der Waals surface area (Å²) in [5, 5.41) is 0. The molecule has 0 aliphatic heterocycles. The Bertz CT molecular complexity index is 399. The minimum Gasteiger partial charge on any atom is -0.372 e. The largest absolute Gasteiger partial charge is 0.504 e. The number of halogens is 9. The Morgan fingerprint density at radius 3 is 1.78 bits per heavy atom. The van der Waals surface area contributed by atoms with Crippen LogP contribution in [0.15, 0.2) is 0 Å². The SMILES string of the molecule is C[P+](=O)OCCOCC(F)(F)C(F)(F)OCC(F)(F)C(F)(F)F. The molecule has 0 amide bonds. The van der Waals surface area contributed by atoms with Gasteiger partial charge >= 0.3 is 32.2 Å². The van der Waals surface area contributed by atoms with Crippen molar-refractivity contribution >= 4 is 8.03 Å². The minimum absolute atomic E-state index is 0.486. The zero-order valence-corrected chi connectivity index (χ0v) is 12.2. The Balaban J connectivity index is 4.51. The standard InChI is InChI=1S/C9H11F9O4P/c1-23(19)22-3-2-20-4-7(12,13)9(17,18)21-5-6(10,11)8(14,15)16/h2-5H2,1H3/q+1. The number of hydrogen-bond donors (Lipinski definition) is 0. The summed E-state index contributed by atoms with van der Waals surface area (Å²) in [5.41, 5.74) is 0. The first-order valence-electron chi connectivity index (χ1n) is 5.58. The number of alkyl halides is 9. The highest BCUT2D eigenvalue weighted by Gasteiger charge is 2.63. The van der Waals surface area contributed by atoms with Crippen LogP contribution >= 0.6 is 8.03 Å². The van der Waals surface area contributed by atoms with E-state index >= 15 is 0 Å². The first-order valence-corrected chi connectivity index (χ1v) is 7.20. The molecule has 0 saturated heterocycles. The second-order valence-electron chi connectivity index (χ2n) is 4.04. The predicted octanol–water partition coefficient (Wildman–Crippen LogP) is 3.83. The maximum Gasteiger partial charge on any atom is 0.504 e. The molecule has 0 aromatic heterocycles. The van der Waals surface area contributed by atoms with Crippen LogP contribution < -0.4 is 0 Å². The number of ether oxygens (including phenoxy) is 2. The van der Waals surface area contributed by atoms with E-state index in [1.807, 2.05) is 0 Å². The molecule has 1 atom stereocenters. The van der Waals surface area contributed by atoms with Crippen LogP contribution in [0.5, 0.6) is 0 Å². The van der Waals surface area contributed by atoms with Crippen molar-refractivity contribution in [1.82, 2.24) is 0 Å². The molecule has 23 heavy (non-hydrogen) atoms. The average Bonchev–Trinajstić information content (AvgIpc) is 2.34. The fourth-order valence-corrected chi connectivity index (χ4v) is 1.21. The van der Waals surface area contributed by atoms with Gasteiger partial charge < -0.3 is 9.47 Å². The van der Waals surface area contributed by atoms with E-state index in [-0.39, 0.29) is 0 Å². The first-order chi connectivity index (χ1) is 10.1. The number of rotatable bonds is 10. The highest BCUT2D eigenvalue weighted by atomic mass is 31.1. The normalized spacial score (nSPS) is 15.0. The van der Waals surface area contributed by atoms with Gasteiger partial charge in [0.2, 0.25) is 0 Å². The quantitative estimate of drug-likeness (QED) is 0.326. The molecule has 138 valence electrons. The molecular weight excluding hydrogens is 374 g/mol. The third-order valence-corrected chi connectivity index (χ3v) is 2.61. The molecule has 0 heterocycles. The minimum atomic E-state index is -6.23. The van der Waals surface area contributed by atoms with Crippen LogP contribution in [0.3, 0.4) is 0 Å². The van der Waals surface area contributed by atoms with Crippen LogP contribution in [0, 0.1) is 0 Å². The topological polar surface area (TPSA) is 44.8 Å². The molecule has 0 bridgehead atoms. The summed E-state index contributed by atoms with van der Waals surface area (Å²) in [6, 6.07) is 0. The van der Waals surface area contributed by atoms with Crippen molar-refractivity contribution in [2.24, 2.45) is 0 Å². The van der Waals surface area contributed by atoms with Crippen LogP contribution in [-0.4, -0.2) is 57.2 Å². The van der Waals surface area contributed by atoms with E-state index < -0.39 is 58.6 Å². The van der Waals surface area contributed by atoms with E-state index in [9.17, 15) is 44.1 Å². The van der Waals surface area contributed by atoms with Gasteiger partial charge in [0.1, 0.15) is 19.8 Å². The lowest BCUT2D eigenvalue weighted by Gasteiger charge is -2.28. The molecule has 0 rings (SSSR count). The van der Waals surface area contributed by atoms with Crippen LogP contribution in [0.4, 0.5) is 39.5 Å². The smallest absolute Gasteiger partial charge is 0.372 e. The van der Waals surface area contributed by atoms with E-state index in [0.29, 0.717) is 0 Å². The van der Waals surface area contributed by atoms with Gasteiger partial charge in [-0.3, -0.25) is 0 Å². The van der Waals surface area contributed by atoms with Gasteiger partial charge in [-0.1, -0.05) is 0 Å². The third kappa shape index (κ3) is 7.19. The lowest BCUT2D eigenvalue weighted by molar-refractivity contribution is -0.385. The molecule has 0 N–H and O–H groups in total. The molecule has 4 nitrogen and oxygen atoms in total. The molecule has 0 spiro atoms. The van der Waals surface area contributed by atoms with Gasteiger partial charge in [-0.25, -0.2) is 0 Å². The van der Waals surface area contributed by atoms with Gasteiger partial charge in [0.25, 0.3) is 0 Å². The average molecular weight is 385 g/mol. The van der Waals surface area contributed by atoms with Crippen molar-refractivity contribution in [1.29, 1.82) is 0 Å². The van der Waals surface area contributed by atoms with E-state index in [4.69, 9.17) is 0 Å². The molecule has 0 aliphatic rings. The van der Waals surface area contributed by atoms with Gasteiger partial charge in [-0.2, -0.15) is 39.5 Å². The molecule has 0 fully saturated rings. The Labute approximate surface area is 124 Å². The third-order valence-electron chi connectivity index (χ3n) is 2.06. The maximum absolute atomic E-state index is 13.0. The van der Waals surface area contributed by atoms with Crippen molar-refractivity contribution in [3.8, 4) is 0 Å². The van der Waals surface area contributed by atoms with Crippen molar-refractivity contribution in [2.45, 2.75) is 24.1 Å². The van der Waals surface area contributed by atoms with Gasteiger partial charge in [-0.05, 0) is 4.57 Å². The molecule has 0 radical (unpaired) electrons. The van der Waals surface area contributed by atoms with Crippen molar-refractivity contribution in [3.05, 3.63) is 0 Å². The van der Waals surface area contributed by atoms with E-state index in [1.165, 1.54) is 0 Å². The Morgan fingerprint density at radius 1 is 0.826 bits per heavy atom. The van der Waals surface area contributed by atoms with E-state index in [0.717, 1.165) is 6.66 Å². The second-order valence-corrected chi connectivity index (χ2v) is 5.18. The van der Waals surface area contributed by atoms with Gasteiger partial charge in [0.05, 0.1) is 6.61 Å². The van der Waals surface area contributed by atoms with Crippen molar-refractivity contribution in [3.63, 3.8) is 0 Å². The lowest BCUT2D eigenvalue weighted by Crippen LogP contribution is -2.50. The second kappa shape index (κ2) is 7.95. The predicted molar refractivity (Wildman–Crippen MR) is 57.1 cm³/mol.